The van der Waals surface area contributed by atoms with Crippen LogP contribution in [-0.4, -0.2) is 92.5 Å². The van der Waals surface area contributed by atoms with E-state index in [1.807, 2.05) is 49.9 Å². The molecule has 2 atom stereocenters. The third-order valence-electron chi connectivity index (χ3n) is 6.74. The number of carbonyl (C=O) groups is 3. The number of fused-ring (bicyclic) bond motifs is 1. The molecule has 0 saturated carbocycles. The Balaban J connectivity index is 1.45. The minimum atomic E-state index is -0.620. The molecule has 0 aromatic heterocycles. The first-order valence-electron chi connectivity index (χ1n) is 12.2. The van der Waals surface area contributed by atoms with Crippen LogP contribution in [0.2, 0.25) is 0 Å². The number of rotatable bonds is 5. The van der Waals surface area contributed by atoms with Crippen LogP contribution in [-0.2, 0) is 24.6 Å². The number of benzene rings is 1. The second-order valence-electron chi connectivity index (χ2n) is 10.3. The number of morpholine rings is 1. The fourth-order valence-electron chi connectivity index (χ4n) is 4.92. The molecule has 1 aromatic rings. The number of nitrogens with one attached hydrogen (secondary N) is 1. The molecular formula is C25H36N4O6. The minimum Gasteiger partial charge on any atom is -0.469 e. The highest BCUT2D eigenvalue weighted by molar-refractivity contribution is 5.95. The van der Waals surface area contributed by atoms with Crippen molar-refractivity contribution in [2.75, 3.05) is 57.9 Å². The molecule has 192 valence electrons. The molecule has 4 rings (SSSR count). The number of hydrogen-bond acceptors (Lipinski definition) is 7. The van der Waals surface area contributed by atoms with E-state index in [0.717, 1.165) is 17.8 Å². The smallest absolute Gasteiger partial charge is 0.410 e. The van der Waals surface area contributed by atoms with Gasteiger partial charge in [-0.3, -0.25) is 9.69 Å². The van der Waals surface area contributed by atoms with E-state index in [0.29, 0.717) is 45.8 Å². The lowest BCUT2D eigenvalue weighted by atomic mass is 9.87. The highest BCUT2D eigenvalue weighted by atomic mass is 16.6. The summed E-state index contributed by atoms with van der Waals surface area (Å²) in [5, 5.41) is 3.36. The van der Waals surface area contributed by atoms with E-state index in [1.54, 1.807) is 9.80 Å². The number of hydrogen-bond donors (Lipinski definition) is 1. The molecule has 10 heteroatoms. The molecule has 3 heterocycles. The molecule has 2 unspecified atom stereocenters. The lowest BCUT2D eigenvalue weighted by Crippen LogP contribution is -2.54. The molecule has 3 saturated heterocycles. The van der Waals surface area contributed by atoms with Gasteiger partial charge >= 0.3 is 18.1 Å². The monoisotopic (exact) mass is 488 g/mol. The average molecular weight is 489 g/mol. The van der Waals surface area contributed by atoms with E-state index >= 15 is 0 Å². The van der Waals surface area contributed by atoms with Crippen molar-refractivity contribution >= 4 is 23.8 Å². The van der Waals surface area contributed by atoms with Crippen molar-refractivity contribution in [3.63, 3.8) is 0 Å². The zero-order valence-corrected chi connectivity index (χ0v) is 21.0. The second-order valence-corrected chi connectivity index (χ2v) is 10.3. The molecule has 3 aliphatic heterocycles. The summed E-state index contributed by atoms with van der Waals surface area (Å²) >= 11 is 0. The number of ether oxygens (including phenoxy) is 3. The first-order chi connectivity index (χ1) is 16.6. The second kappa shape index (κ2) is 10.0. The van der Waals surface area contributed by atoms with Gasteiger partial charge in [0.15, 0.2) is 0 Å². The summed E-state index contributed by atoms with van der Waals surface area (Å²) in [6.45, 7) is 9.34. The van der Waals surface area contributed by atoms with Crippen LogP contribution >= 0.6 is 0 Å². The number of urea groups is 1. The molecule has 3 fully saturated rings. The van der Waals surface area contributed by atoms with Gasteiger partial charge in [0, 0.05) is 51.4 Å². The van der Waals surface area contributed by atoms with E-state index in [4.69, 9.17) is 14.2 Å². The Morgan fingerprint density at radius 2 is 1.91 bits per heavy atom. The maximum Gasteiger partial charge on any atom is 0.410 e. The van der Waals surface area contributed by atoms with E-state index in [1.165, 1.54) is 7.11 Å². The number of amides is 3. The van der Waals surface area contributed by atoms with Crippen molar-refractivity contribution in [1.82, 2.24) is 15.1 Å². The molecule has 0 aliphatic carbocycles. The summed E-state index contributed by atoms with van der Waals surface area (Å²) in [4.78, 5) is 42.7. The molecule has 0 radical (unpaired) electrons. The Bertz CT molecular complexity index is 938. The van der Waals surface area contributed by atoms with Crippen LogP contribution in [0.15, 0.2) is 24.3 Å². The van der Waals surface area contributed by atoms with Crippen molar-refractivity contribution < 1.29 is 28.6 Å². The summed E-state index contributed by atoms with van der Waals surface area (Å²) in [7, 11) is 1.39. The number of anilines is 1. The van der Waals surface area contributed by atoms with Crippen molar-refractivity contribution in [3.05, 3.63) is 29.8 Å². The van der Waals surface area contributed by atoms with Gasteiger partial charge in [0.25, 0.3) is 0 Å². The number of methoxy groups -OCH3 is 1. The van der Waals surface area contributed by atoms with Gasteiger partial charge < -0.3 is 29.3 Å². The predicted octanol–water partition coefficient (Wildman–Crippen LogP) is 2.32. The lowest BCUT2D eigenvalue weighted by Gasteiger charge is -2.38. The molecule has 0 bridgehead atoms. The highest BCUT2D eigenvalue weighted by Crippen LogP contribution is 2.35. The van der Waals surface area contributed by atoms with E-state index in [2.05, 4.69) is 5.32 Å². The van der Waals surface area contributed by atoms with Crippen molar-refractivity contribution in [3.8, 4) is 0 Å². The van der Waals surface area contributed by atoms with E-state index < -0.39 is 11.2 Å². The predicted molar refractivity (Wildman–Crippen MR) is 129 cm³/mol. The molecule has 1 N–H and O–H groups in total. The molecule has 3 amide bonds. The number of nitrogens with zero attached hydrogens (tertiary/aromatic N) is 3. The van der Waals surface area contributed by atoms with Gasteiger partial charge in [-0.2, -0.15) is 0 Å². The maximum absolute atomic E-state index is 13.1. The van der Waals surface area contributed by atoms with Crippen LogP contribution in [0.1, 0.15) is 39.2 Å². The molecule has 10 nitrogen and oxygen atoms in total. The number of piperazine rings is 1. The standard InChI is InChI=1S/C25H36N4O6/c1-24(2,3)35-23(32)27-12-13-28-20(15-27)16-29(22(28)31)19-7-5-18(6-8-19)25(10-9-21(30)33-4)17-26-11-14-34-25/h5-8,20,26H,9-17H2,1-4H3. The van der Waals surface area contributed by atoms with Crippen LogP contribution in [0.3, 0.4) is 0 Å². The topological polar surface area (TPSA) is 101 Å². The minimum absolute atomic E-state index is 0.0532. The van der Waals surface area contributed by atoms with Gasteiger partial charge in [-0.25, -0.2) is 9.59 Å². The van der Waals surface area contributed by atoms with Gasteiger partial charge in [0.05, 0.1) is 19.8 Å². The Kier molecular flexibility index (Phi) is 7.23. The summed E-state index contributed by atoms with van der Waals surface area (Å²) in [6, 6.07) is 7.65. The van der Waals surface area contributed by atoms with Crippen molar-refractivity contribution in [2.24, 2.45) is 0 Å². The van der Waals surface area contributed by atoms with Crippen LogP contribution < -0.4 is 10.2 Å². The Morgan fingerprint density at radius 1 is 1.17 bits per heavy atom. The van der Waals surface area contributed by atoms with Crippen molar-refractivity contribution in [1.29, 1.82) is 0 Å². The average Bonchev–Trinajstić information content (AvgIpc) is 3.18. The van der Waals surface area contributed by atoms with Gasteiger partial charge in [-0.05, 0) is 44.9 Å². The molecule has 35 heavy (non-hydrogen) atoms. The van der Waals surface area contributed by atoms with Crippen LogP contribution in [0, 0.1) is 0 Å². The first kappa shape index (κ1) is 25.2. The highest BCUT2D eigenvalue weighted by Gasteiger charge is 2.43. The lowest BCUT2D eigenvalue weighted by molar-refractivity contribution is -0.144. The van der Waals surface area contributed by atoms with Gasteiger partial charge in [-0.15, -0.1) is 0 Å². The van der Waals surface area contributed by atoms with Gasteiger partial charge in [0.2, 0.25) is 0 Å². The first-order valence-corrected chi connectivity index (χ1v) is 12.2. The SMILES string of the molecule is COC(=O)CCC1(c2ccc(N3CC4CN(C(=O)OC(C)(C)C)CCN4C3=O)cc2)CNCCO1. The maximum atomic E-state index is 13.1. The number of esters is 1. The normalized spacial score (nSPS) is 24.9. The van der Waals surface area contributed by atoms with Crippen molar-refractivity contribution in [2.45, 2.75) is 50.9 Å². The Labute approximate surface area is 206 Å². The van der Waals surface area contributed by atoms with Gasteiger partial charge in [0.1, 0.15) is 11.2 Å². The van der Waals surface area contributed by atoms with Gasteiger partial charge in [-0.1, -0.05) is 12.1 Å². The Hall–Kier alpha value is -2.85. The third kappa shape index (κ3) is 5.54. The van der Waals surface area contributed by atoms with Crippen LogP contribution in [0.5, 0.6) is 0 Å². The van der Waals surface area contributed by atoms with E-state index in [-0.39, 0.29) is 30.6 Å². The quantitative estimate of drug-likeness (QED) is 0.635. The summed E-state index contributed by atoms with van der Waals surface area (Å²) < 4.78 is 16.5. The molecule has 3 aliphatic rings. The molecule has 0 spiro atoms. The largest absolute Gasteiger partial charge is 0.469 e. The zero-order valence-electron chi connectivity index (χ0n) is 21.0. The summed E-state index contributed by atoms with van der Waals surface area (Å²) in [5.74, 6) is -0.269. The fraction of sp³-hybridized carbons (Fsp3) is 0.640. The summed E-state index contributed by atoms with van der Waals surface area (Å²) in [6.07, 6.45) is 0.422. The molecular weight excluding hydrogens is 452 g/mol. The van der Waals surface area contributed by atoms with E-state index in [9.17, 15) is 14.4 Å². The Morgan fingerprint density at radius 3 is 2.54 bits per heavy atom. The van der Waals surface area contributed by atoms with Crippen LogP contribution in [0.25, 0.3) is 0 Å². The zero-order chi connectivity index (χ0) is 25.2. The van der Waals surface area contributed by atoms with Crippen LogP contribution in [0.4, 0.5) is 15.3 Å². The fourth-order valence-corrected chi connectivity index (χ4v) is 4.92. The molecule has 1 aromatic carbocycles. The third-order valence-corrected chi connectivity index (χ3v) is 6.74. The summed E-state index contributed by atoms with van der Waals surface area (Å²) in [5.41, 5.74) is 0.576. The number of carbonyl (C=O) groups excluding carboxylic acids is 3.